The van der Waals surface area contributed by atoms with E-state index in [2.05, 4.69) is 5.32 Å². The second-order valence-corrected chi connectivity index (χ2v) is 5.66. The fraction of sp³-hybridized carbons (Fsp3) is 0.0909. The van der Waals surface area contributed by atoms with Crippen molar-refractivity contribution in [1.29, 1.82) is 0 Å². The monoisotopic (exact) mass is 299 g/mol. The number of methoxy groups -OCH3 is 1. The van der Waals surface area contributed by atoms with Gasteiger partial charge in [-0.3, -0.25) is 0 Å². The molecule has 0 radical (unpaired) electrons. The number of hydrogen-bond acceptors (Lipinski definition) is 3. The van der Waals surface area contributed by atoms with Gasteiger partial charge in [0.2, 0.25) is 0 Å². The Balaban J connectivity index is 2.22. The average Bonchev–Trinajstić information content (AvgIpc) is 2.59. The number of thiocarbonyl (C=S) groups is 1. The molecule has 5 heteroatoms. The van der Waals surface area contributed by atoms with E-state index in [-0.39, 0.29) is 19.8 Å². The first-order chi connectivity index (χ1) is 7.69. The van der Waals surface area contributed by atoms with Crippen LogP contribution in [0.25, 0.3) is 6.08 Å². The SMILES string of the molecule is COc1ccc(C=C2[Se]C(=O)NC2=S)cc1. The van der Waals surface area contributed by atoms with Crippen LogP contribution in [0.2, 0.25) is 0 Å². The van der Waals surface area contributed by atoms with Gasteiger partial charge in [-0.15, -0.1) is 0 Å². The molecule has 0 saturated carbocycles. The molecule has 1 saturated heterocycles. The Morgan fingerprint density at radius 1 is 1.38 bits per heavy atom. The van der Waals surface area contributed by atoms with Crippen LogP contribution in [0, 0.1) is 0 Å². The fourth-order valence-electron chi connectivity index (χ4n) is 1.27. The second-order valence-electron chi connectivity index (χ2n) is 3.13. The van der Waals surface area contributed by atoms with E-state index in [0.717, 1.165) is 15.8 Å². The quantitative estimate of drug-likeness (QED) is 0.514. The van der Waals surface area contributed by atoms with Crippen LogP contribution < -0.4 is 10.1 Å². The molecule has 1 aliphatic rings. The molecule has 1 fully saturated rings. The molecule has 1 aromatic rings. The summed E-state index contributed by atoms with van der Waals surface area (Å²) in [6.45, 7) is 0. The molecule has 1 heterocycles. The number of benzene rings is 1. The van der Waals surface area contributed by atoms with Crippen LogP contribution in [0.3, 0.4) is 0 Å². The van der Waals surface area contributed by atoms with Crippen LogP contribution in [0.1, 0.15) is 5.56 Å². The number of rotatable bonds is 2. The van der Waals surface area contributed by atoms with Crippen LogP contribution in [0.5, 0.6) is 5.75 Å². The molecule has 1 amide bonds. The van der Waals surface area contributed by atoms with E-state index in [4.69, 9.17) is 17.0 Å². The summed E-state index contributed by atoms with van der Waals surface area (Å²) in [7, 11) is 1.63. The summed E-state index contributed by atoms with van der Waals surface area (Å²) in [5.74, 6) is 0.816. The van der Waals surface area contributed by atoms with E-state index in [1.165, 1.54) is 0 Å². The predicted octanol–water partition coefficient (Wildman–Crippen LogP) is 1.79. The van der Waals surface area contributed by atoms with Crippen molar-refractivity contribution in [3.63, 3.8) is 0 Å². The van der Waals surface area contributed by atoms with Crippen LogP contribution in [-0.4, -0.2) is 31.9 Å². The van der Waals surface area contributed by atoms with E-state index in [9.17, 15) is 4.79 Å². The standard InChI is InChI=1S/C11H9NO2SSe/c1-14-8-4-2-7(3-5-8)6-9-10(15)12-11(13)16-9/h2-6H,1H3,(H,12,13,15). The summed E-state index contributed by atoms with van der Waals surface area (Å²) in [6, 6.07) is 7.64. The normalized spacial score (nSPS) is 17.7. The molecule has 16 heavy (non-hydrogen) atoms. The Hall–Kier alpha value is -1.16. The Bertz CT molecular complexity index is 467. The second kappa shape index (κ2) is 4.78. The summed E-state index contributed by atoms with van der Waals surface area (Å²) in [5, 5.41) is 2.64. The van der Waals surface area contributed by atoms with Crippen molar-refractivity contribution >= 4 is 43.0 Å². The summed E-state index contributed by atoms with van der Waals surface area (Å²) < 4.78 is 6.00. The number of nitrogens with one attached hydrogen (secondary N) is 1. The summed E-state index contributed by atoms with van der Waals surface area (Å²) in [6.07, 6.45) is 1.94. The molecule has 0 unspecified atom stereocenters. The minimum atomic E-state index is -0.197. The number of carbonyl (C=O) groups excluding carboxylic acids is 1. The maximum absolute atomic E-state index is 11.1. The first-order valence-corrected chi connectivity index (χ1v) is 6.70. The van der Waals surface area contributed by atoms with E-state index >= 15 is 0 Å². The van der Waals surface area contributed by atoms with Gasteiger partial charge in [0.15, 0.2) is 0 Å². The van der Waals surface area contributed by atoms with E-state index in [0.29, 0.717) is 4.99 Å². The Labute approximate surface area is 105 Å². The topological polar surface area (TPSA) is 38.3 Å². The zero-order valence-corrected chi connectivity index (χ0v) is 11.0. The molecule has 0 bridgehead atoms. The molecule has 3 nitrogen and oxygen atoms in total. The Kier molecular flexibility index (Phi) is 3.39. The third kappa shape index (κ3) is 2.50. The number of carbonyl (C=O) groups is 1. The van der Waals surface area contributed by atoms with Crippen LogP contribution >= 0.6 is 12.2 Å². The van der Waals surface area contributed by atoms with Crippen molar-refractivity contribution in [1.82, 2.24) is 5.32 Å². The van der Waals surface area contributed by atoms with Gasteiger partial charge in [-0.25, -0.2) is 0 Å². The molecule has 82 valence electrons. The van der Waals surface area contributed by atoms with Crippen LogP contribution in [0.15, 0.2) is 28.7 Å². The molecule has 0 atom stereocenters. The van der Waals surface area contributed by atoms with Gasteiger partial charge in [-0.05, 0) is 0 Å². The third-order valence-electron chi connectivity index (χ3n) is 2.06. The zero-order valence-electron chi connectivity index (χ0n) is 8.52. The minimum absolute atomic E-state index is 0.0252. The Morgan fingerprint density at radius 3 is 2.56 bits per heavy atom. The van der Waals surface area contributed by atoms with Gasteiger partial charge >= 0.3 is 105 Å². The third-order valence-corrected chi connectivity index (χ3v) is 4.41. The molecular formula is C11H9NO2SSe. The summed E-state index contributed by atoms with van der Waals surface area (Å²) >= 11 is 4.86. The van der Waals surface area contributed by atoms with Gasteiger partial charge in [0.1, 0.15) is 0 Å². The Morgan fingerprint density at radius 2 is 2.06 bits per heavy atom. The molecule has 0 spiro atoms. The fourth-order valence-corrected chi connectivity index (χ4v) is 3.24. The van der Waals surface area contributed by atoms with E-state index in [1.807, 2.05) is 30.3 Å². The molecule has 0 aliphatic carbocycles. The predicted molar refractivity (Wildman–Crippen MR) is 67.9 cm³/mol. The van der Waals surface area contributed by atoms with Gasteiger partial charge in [-0.1, -0.05) is 0 Å². The zero-order chi connectivity index (χ0) is 11.5. The molecule has 1 N–H and O–H groups in total. The molecule has 1 aromatic carbocycles. The average molecular weight is 298 g/mol. The first-order valence-electron chi connectivity index (χ1n) is 4.58. The van der Waals surface area contributed by atoms with Gasteiger partial charge < -0.3 is 0 Å². The maximum atomic E-state index is 11.1. The summed E-state index contributed by atoms with van der Waals surface area (Å²) in [4.78, 5) is 11.7. The first kappa shape index (κ1) is 11.3. The number of hydrogen-bond donors (Lipinski definition) is 1. The van der Waals surface area contributed by atoms with Gasteiger partial charge in [-0.2, -0.15) is 0 Å². The van der Waals surface area contributed by atoms with Gasteiger partial charge in [0.05, 0.1) is 0 Å². The molecule has 0 aromatic heterocycles. The number of ether oxygens (including phenoxy) is 1. The van der Waals surface area contributed by atoms with Crippen LogP contribution in [-0.2, 0) is 0 Å². The van der Waals surface area contributed by atoms with Crippen molar-refractivity contribution < 1.29 is 9.53 Å². The van der Waals surface area contributed by atoms with Crippen molar-refractivity contribution in [2.24, 2.45) is 0 Å². The van der Waals surface area contributed by atoms with Crippen molar-refractivity contribution in [2.45, 2.75) is 0 Å². The van der Waals surface area contributed by atoms with Crippen molar-refractivity contribution in [3.8, 4) is 5.75 Å². The van der Waals surface area contributed by atoms with Crippen molar-refractivity contribution in [3.05, 3.63) is 34.3 Å². The summed E-state index contributed by atoms with van der Waals surface area (Å²) in [5.41, 5.74) is 1.02. The van der Waals surface area contributed by atoms with Gasteiger partial charge in [0.25, 0.3) is 0 Å². The van der Waals surface area contributed by atoms with Gasteiger partial charge in [0, 0.05) is 0 Å². The molecular weight excluding hydrogens is 289 g/mol. The van der Waals surface area contributed by atoms with Crippen LogP contribution in [0.4, 0.5) is 4.79 Å². The van der Waals surface area contributed by atoms with E-state index < -0.39 is 0 Å². The van der Waals surface area contributed by atoms with Crippen molar-refractivity contribution in [2.75, 3.05) is 7.11 Å². The molecule has 2 rings (SSSR count). The number of amides is 1. The van der Waals surface area contributed by atoms with E-state index in [1.54, 1.807) is 7.11 Å². The molecule has 1 aliphatic heterocycles.